The van der Waals surface area contributed by atoms with Crippen LogP contribution in [0.3, 0.4) is 0 Å². The van der Waals surface area contributed by atoms with Crippen LogP contribution < -0.4 is 5.73 Å². The van der Waals surface area contributed by atoms with Gasteiger partial charge in [-0.15, -0.1) is 0 Å². The van der Waals surface area contributed by atoms with Crippen molar-refractivity contribution >= 4 is 11.4 Å². The van der Waals surface area contributed by atoms with E-state index in [4.69, 9.17) is 0 Å². The fourth-order valence-corrected chi connectivity index (χ4v) is 0.623. The highest BCUT2D eigenvalue weighted by molar-refractivity contribution is 7.74. The average molecular weight is 153 g/mol. The maximum atomic E-state index is 9.80. The molecule has 0 spiro atoms. The Morgan fingerprint density at radius 3 is 2.33 bits per heavy atom. The molecule has 4 nitrogen and oxygen atoms in total. The van der Waals surface area contributed by atoms with E-state index < -0.39 is 11.4 Å². The Bertz CT molecular complexity index is 109. The van der Waals surface area contributed by atoms with E-state index >= 15 is 0 Å². The van der Waals surface area contributed by atoms with Gasteiger partial charge in [-0.2, -0.15) is 0 Å². The summed E-state index contributed by atoms with van der Waals surface area (Å²) in [5.41, 5.74) is 3.31. The van der Waals surface area contributed by atoms with Crippen molar-refractivity contribution in [3.05, 3.63) is 0 Å². The molecular formula is C4H11NO3S. The number of hydrogen-bond donors (Lipinski definition) is 1. The monoisotopic (exact) mass is 153 g/mol. The largest absolute Gasteiger partial charge is 0.750 e. The van der Waals surface area contributed by atoms with Crippen LogP contribution in [0.25, 0.3) is 0 Å². The van der Waals surface area contributed by atoms with Gasteiger partial charge in [0.25, 0.3) is 0 Å². The Balaban J connectivity index is 3.39. The molecule has 0 saturated heterocycles. The van der Waals surface area contributed by atoms with Crippen LogP contribution in [0, 0.1) is 0 Å². The first-order valence-electron chi connectivity index (χ1n) is 2.50. The molecule has 0 rings (SSSR count). The number of hydrogen-bond acceptors (Lipinski definition) is 3. The summed E-state index contributed by atoms with van der Waals surface area (Å²) in [4.78, 5) is 0. The molecule has 0 radical (unpaired) electrons. The number of quaternary nitrogens is 1. The topological polar surface area (TPSA) is 77.0 Å². The summed E-state index contributed by atoms with van der Waals surface area (Å²) in [6.45, 7) is 3.71. The highest BCUT2D eigenvalue weighted by Gasteiger charge is 2.14. The second kappa shape index (κ2) is 3.26. The van der Waals surface area contributed by atoms with E-state index in [0.29, 0.717) is 0 Å². The van der Waals surface area contributed by atoms with E-state index in [1.54, 1.807) is 13.8 Å². The van der Waals surface area contributed by atoms with Crippen LogP contribution >= 0.6 is 0 Å². The molecule has 5 heteroatoms. The molecule has 9 heavy (non-hydrogen) atoms. The highest BCUT2D eigenvalue weighted by Crippen LogP contribution is 1.94. The van der Waals surface area contributed by atoms with Crippen molar-refractivity contribution in [1.29, 1.82) is 0 Å². The van der Waals surface area contributed by atoms with Gasteiger partial charge in [0, 0.05) is 0 Å². The molecule has 0 fully saturated rings. The fraction of sp³-hybridized carbons (Fsp3) is 1.00. The van der Waals surface area contributed by atoms with Crippen LogP contribution in [0.5, 0.6) is 0 Å². The van der Waals surface area contributed by atoms with E-state index in [-0.39, 0.29) is 12.1 Å². The van der Waals surface area contributed by atoms with Gasteiger partial charge in [0.2, 0.25) is 0 Å². The molecule has 0 aliphatic heterocycles. The summed E-state index contributed by atoms with van der Waals surface area (Å²) in [6, 6.07) is 0. The minimum absolute atomic E-state index is 0.128. The molecule has 56 valence electrons. The third-order valence-electron chi connectivity index (χ3n) is 0.546. The van der Waals surface area contributed by atoms with Crippen molar-refractivity contribution in [2.24, 2.45) is 0 Å². The van der Waals surface area contributed by atoms with Crippen molar-refractivity contribution < 1.29 is 18.7 Å². The lowest BCUT2D eigenvalue weighted by molar-refractivity contribution is -0.469. The van der Waals surface area contributed by atoms with Crippen LogP contribution in [0.15, 0.2) is 0 Å². The van der Waals surface area contributed by atoms with Crippen molar-refractivity contribution in [1.82, 2.24) is 0 Å². The quantitative estimate of drug-likeness (QED) is 0.518. The zero-order chi connectivity index (χ0) is 7.49. The maximum Gasteiger partial charge on any atom is 0.117 e. The molecule has 3 N–H and O–H groups in total. The second-order valence-corrected chi connectivity index (χ2v) is 3.27. The summed E-state index contributed by atoms with van der Waals surface area (Å²) in [7, 11) is 0. The van der Waals surface area contributed by atoms with E-state index in [1.165, 1.54) is 0 Å². The van der Waals surface area contributed by atoms with Crippen LogP contribution in [0.2, 0.25) is 0 Å². The fourth-order valence-electron chi connectivity index (χ4n) is 0.208. The lowest BCUT2D eigenvalue weighted by Gasteiger charge is -2.14. The molecule has 0 aliphatic carbocycles. The zero-order valence-electron chi connectivity index (χ0n) is 5.55. The minimum atomic E-state index is -2.40. The van der Waals surface area contributed by atoms with Gasteiger partial charge in [0.1, 0.15) is 12.1 Å². The second-order valence-electron chi connectivity index (χ2n) is 2.63. The Hall–Kier alpha value is 0.0300. The highest BCUT2D eigenvalue weighted by atomic mass is 32.2. The van der Waals surface area contributed by atoms with Gasteiger partial charge in [0.05, 0.1) is 11.4 Å². The normalized spacial score (nSPS) is 15.6. The SMILES string of the molecule is CC(C)([NH3+])COS(=O)[O-]. The van der Waals surface area contributed by atoms with Crippen LogP contribution in [-0.2, 0) is 15.5 Å². The Morgan fingerprint density at radius 1 is 1.78 bits per heavy atom. The molecule has 0 aromatic carbocycles. The average Bonchev–Trinajstić information content (AvgIpc) is 1.59. The molecule has 0 saturated carbocycles. The van der Waals surface area contributed by atoms with Crippen LogP contribution in [0.4, 0.5) is 0 Å². The van der Waals surface area contributed by atoms with Gasteiger partial charge in [0.15, 0.2) is 0 Å². The van der Waals surface area contributed by atoms with Crippen molar-refractivity contribution in [2.75, 3.05) is 6.61 Å². The first-order chi connectivity index (χ1) is 3.92. The van der Waals surface area contributed by atoms with E-state index in [9.17, 15) is 8.76 Å². The van der Waals surface area contributed by atoms with Gasteiger partial charge >= 0.3 is 0 Å². The van der Waals surface area contributed by atoms with Crippen molar-refractivity contribution in [3.63, 3.8) is 0 Å². The Morgan fingerprint density at radius 2 is 2.22 bits per heavy atom. The minimum Gasteiger partial charge on any atom is -0.750 e. The Kier molecular flexibility index (Phi) is 3.27. The summed E-state index contributed by atoms with van der Waals surface area (Å²) >= 11 is -2.40. The van der Waals surface area contributed by atoms with Gasteiger partial charge < -0.3 is 10.3 Å². The summed E-state index contributed by atoms with van der Waals surface area (Å²) in [6.07, 6.45) is 0. The van der Waals surface area contributed by atoms with Gasteiger partial charge in [-0.05, 0) is 13.8 Å². The third kappa shape index (κ3) is 8.03. The van der Waals surface area contributed by atoms with Crippen LogP contribution in [0.1, 0.15) is 13.8 Å². The van der Waals surface area contributed by atoms with Crippen LogP contribution in [-0.4, -0.2) is 20.9 Å². The van der Waals surface area contributed by atoms with E-state index in [1.807, 2.05) is 0 Å². The first kappa shape index (κ1) is 9.03. The predicted molar refractivity (Wildman–Crippen MR) is 31.8 cm³/mol. The summed E-state index contributed by atoms with van der Waals surface area (Å²) in [5.74, 6) is 0. The molecule has 1 atom stereocenters. The molecular weight excluding hydrogens is 142 g/mol. The van der Waals surface area contributed by atoms with Crippen molar-refractivity contribution in [3.8, 4) is 0 Å². The molecule has 0 amide bonds. The lowest BCUT2D eigenvalue weighted by Crippen LogP contribution is -2.71. The number of rotatable bonds is 3. The molecule has 1 unspecified atom stereocenters. The predicted octanol–water partition coefficient (Wildman–Crippen LogP) is -1.18. The van der Waals surface area contributed by atoms with Gasteiger partial charge in [-0.3, -0.25) is 4.18 Å². The van der Waals surface area contributed by atoms with E-state index in [2.05, 4.69) is 9.92 Å². The first-order valence-corrected chi connectivity index (χ1v) is 3.50. The van der Waals surface area contributed by atoms with Crippen molar-refractivity contribution in [2.45, 2.75) is 19.4 Å². The third-order valence-corrected chi connectivity index (χ3v) is 0.856. The standard InChI is InChI=1S/C4H11NO3S/c1-4(2,5)3-8-9(6)7/h3,5H2,1-2H3,(H,6,7). The smallest absolute Gasteiger partial charge is 0.117 e. The summed E-state index contributed by atoms with van der Waals surface area (Å²) < 4.78 is 23.9. The summed E-state index contributed by atoms with van der Waals surface area (Å²) in [5, 5.41) is 0. The molecule has 0 aliphatic rings. The zero-order valence-corrected chi connectivity index (χ0v) is 6.36. The molecule has 0 aromatic heterocycles. The van der Waals surface area contributed by atoms with Gasteiger partial charge in [-0.25, -0.2) is 4.21 Å². The molecule has 0 heterocycles. The Labute approximate surface area is 56.9 Å². The molecule has 0 bridgehead atoms. The maximum absolute atomic E-state index is 9.80. The van der Waals surface area contributed by atoms with E-state index in [0.717, 1.165) is 0 Å². The molecule has 0 aromatic rings. The van der Waals surface area contributed by atoms with Gasteiger partial charge in [-0.1, -0.05) is 0 Å². The lowest BCUT2D eigenvalue weighted by atomic mass is 10.1.